The molecule has 1 heterocycles. The van der Waals surface area contributed by atoms with Crippen molar-refractivity contribution in [3.63, 3.8) is 0 Å². The zero-order valence-corrected chi connectivity index (χ0v) is 15.2. The van der Waals surface area contributed by atoms with Crippen LogP contribution >= 0.6 is 11.8 Å². The molecule has 1 unspecified atom stereocenters. The zero-order valence-electron chi connectivity index (χ0n) is 14.4. The van der Waals surface area contributed by atoms with Crippen LogP contribution < -0.4 is 10.5 Å². The highest BCUT2D eigenvalue weighted by Gasteiger charge is 2.21. The maximum Gasteiger partial charge on any atom is 0.231 e. The number of primary amides is 1. The third-order valence-electron chi connectivity index (χ3n) is 3.74. The molecule has 2 aromatic rings. The van der Waals surface area contributed by atoms with E-state index in [1.54, 1.807) is 7.11 Å². The molecule has 0 saturated heterocycles. The molecule has 1 atom stereocenters. The van der Waals surface area contributed by atoms with E-state index in [1.807, 2.05) is 31.2 Å². The van der Waals surface area contributed by atoms with Gasteiger partial charge in [-0.3, -0.25) is 4.79 Å². The number of thioether (sulfide) groups is 1. The number of ether oxygens (including phenoxy) is 1. The number of methoxy groups -OCH3 is 1. The second-order valence-corrected chi connectivity index (χ2v) is 6.63. The summed E-state index contributed by atoms with van der Waals surface area (Å²) >= 11 is 1.39. The summed E-state index contributed by atoms with van der Waals surface area (Å²) in [6, 6.07) is 7.73. The number of hydrogen-bond acceptors (Lipinski definition) is 5. The highest BCUT2D eigenvalue weighted by molar-refractivity contribution is 8.00. The molecule has 0 radical (unpaired) electrons. The van der Waals surface area contributed by atoms with Gasteiger partial charge < -0.3 is 15.0 Å². The average Bonchev–Trinajstić information content (AvgIpc) is 3.00. The van der Waals surface area contributed by atoms with Crippen molar-refractivity contribution in [3.8, 4) is 17.1 Å². The van der Waals surface area contributed by atoms with Crippen LogP contribution in [0.15, 0.2) is 29.4 Å². The Morgan fingerprint density at radius 2 is 2.00 bits per heavy atom. The van der Waals surface area contributed by atoms with Crippen LogP contribution in [0.4, 0.5) is 0 Å². The molecule has 1 aromatic carbocycles. The number of aromatic nitrogens is 3. The van der Waals surface area contributed by atoms with Crippen LogP contribution in [-0.2, 0) is 11.3 Å². The summed E-state index contributed by atoms with van der Waals surface area (Å²) in [7, 11) is 1.64. The summed E-state index contributed by atoms with van der Waals surface area (Å²) in [6.07, 6.45) is 2.75. The van der Waals surface area contributed by atoms with E-state index in [0.29, 0.717) is 6.42 Å². The summed E-state index contributed by atoms with van der Waals surface area (Å²) in [5, 5.41) is 9.08. The molecule has 1 amide bonds. The van der Waals surface area contributed by atoms with Crippen molar-refractivity contribution in [1.82, 2.24) is 14.8 Å². The van der Waals surface area contributed by atoms with Gasteiger partial charge in [-0.25, -0.2) is 0 Å². The van der Waals surface area contributed by atoms with Gasteiger partial charge in [0, 0.05) is 12.1 Å². The Morgan fingerprint density at radius 3 is 2.54 bits per heavy atom. The van der Waals surface area contributed by atoms with Crippen LogP contribution in [0.3, 0.4) is 0 Å². The number of nitrogens with two attached hydrogens (primary N) is 1. The lowest BCUT2D eigenvalue weighted by Crippen LogP contribution is -2.25. The standard InChI is InChI=1S/C17H24N4O2S/c1-4-6-11-21-16(12-7-9-13(23-3)10-8-12)19-20-17(21)24-14(5-2)15(18)22/h7-10,14H,4-6,11H2,1-3H3,(H2,18,22). The van der Waals surface area contributed by atoms with Crippen LogP contribution in [0, 0.1) is 0 Å². The van der Waals surface area contributed by atoms with Gasteiger partial charge in [0.25, 0.3) is 0 Å². The topological polar surface area (TPSA) is 83.0 Å². The molecule has 0 aliphatic heterocycles. The van der Waals surface area contributed by atoms with Crippen molar-refractivity contribution in [2.75, 3.05) is 7.11 Å². The number of carbonyl (C=O) groups is 1. The predicted octanol–water partition coefficient (Wildman–Crippen LogP) is 3.11. The molecule has 0 spiro atoms. The van der Waals surface area contributed by atoms with Gasteiger partial charge in [0.05, 0.1) is 12.4 Å². The van der Waals surface area contributed by atoms with E-state index in [-0.39, 0.29) is 11.2 Å². The monoisotopic (exact) mass is 348 g/mol. The van der Waals surface area contributed by atoms with Crippen molar-refractivity contribution in [1.29, 1.82) is 0 Å². The van der Waals surface area contributed by atoms with Crippen LogP contribution in [0.1, 0.15) is 33.1 Å². The molecule has 0 fully saturated rings. The summed E-state index contributed by atoms with van der Waals surface area (Å²) in [5.74, 6) is 1.28. The molecule has 130 valence electrons. The molecule has 7 heteroatoms. The first-order valence-electron chi connectivity index (χ1n) is 8.14. The van der Waals surface area contributed by atoms with Crippen molar-refractivity contribution in [3.05, 3.63) is 24.3 Å². The van der Waals surface area contributed by atoms with Gasteiger partial charge >= 0.3 is 0 Å². The number of unbranched alkanes of at least 4 members (excludes halogenated alkanes) is 1. The lowest BCUT2D eigenvalue weighted by atomic mass is 10.2. The highest BCUT2D eigenvalue weighted by atomic mass is 32.2. The fraction of sp³-hybridized carbons (Fsp3) is 0.471. The van der Waals surface area contributed by atoms with E-state index in [2.05, 4.69) is 21.7 Å². The maximum atomic E-state index is 11.5. The summed E-state index contributed by atoms with van der Waals surface area (Å²) in [5.41, 5.74) is 6.43. The molecule has 24 heavy (non-hydrogen) atoms. The van der Waals surface area contributed by atoms with E-state index >= 15 is 0 Å². The number of nitrogens with zero attached hydrogens (tertiary/aromatic N) is 3. The smallest absolute Gasteiger partial charge is 0.231 e. The molecule has 6 nitrogen and oxygen atoms in total. The second kappa shape index (κ2) is 8.73. The number of rotatable bonds is 9. The Hall–Kier alpha value is -2.02. The van der Waals surface area contributed by atoms with Crippen LogP contribution in [0.2, 0.25) is 0 Å². The number of hydrogen-bond donors (Lipinski definition) is 1. The largest absolute Gasteiger partial charge is 0.497 e. The van der Waals surface area contributed by atoms with Gasteiger partial charge in [-0.15, -0.1) is 10.2 Å². The first-order valence-corrected chi connectivity index (χ1v) is 9.02. The molecule has 0 bridgehead atoms. The Balaban J connectivity index is 2.34. The van der Waals surface area contributed by atoms with Gasteiger partial charge in [0.1, 0.15) is 5.75 Å². The predicted molar refractivity (Wildman–Crippen MR) is 96.0 cm³/mol. The molecule has 2 rings (SSSR count). The van der Waals surface area contributed by atoms with Gasteiger partial charge in [-0.2, -0.15) is 0 Å². The minimum Gasteiger partial charge on any atom is -0.497 e. The van der Waals surface area contributed by atoms with Crippen molar-refractivity contribution < 1.29 is 9.53 Å². The minimum atomic E-state index is -0.321. The molecular formula is C17H24N4O2S. The van der Waals surface area contributed by atoms with Gasteiger partial charge in [-0.1, -0.05) is 32.0 Å². The normalized spacial score (nSPS) is 12.1. The minimum absolute atomic E-state index is 0.293. The Kier molecular flexibility index (Phi) is 6.66. The van der Waals surface area contributed by atoms with Gasteiger partial charge in [0.2, 0.25) is 5.91 Å². The highest BCUT2D eigenvalue weighted by Crippen LogP contribution is 2.29. The zero-order chi connectivity index (χ0) is 17.5. The molecular weight excluding hydrogens is 324 g/mol. The molecule has 0 saturated carbocycles. The number of carbonyl (C=O) groups excluding carboxylic acids is 1. The van der Waals surface area contributed by atoms with E-state index in [0.717, 1.165) is 41.7 Å². The molecule has 0 aliphatic rings. The molecule has 1 aromatic heterocycles. The summed E-state index contributed by atoms with van der Waals surface area (Å²) < 4.78 is 7.27. The molecule has 2 N–H and O–H groups in total. The van der Waals surface area contributed by atoms with E-state index < -0.39 is 0 Å². The average molecular weight is 348 g/mol. The quantitative estimate of drug-likeness (QED) is 0.704. The lowest BCUT2D eigenvalue weighted by molar-refractivity contribution is -0.117. The van der Waals surface area contributed by atoms with Crippen LogP contribution in [0.5, 0.6) is 5.75 Å². The van der Waals surface area contributed by atoms with Crippen molar-refractivity contribution in [2.24, 2.45) is 5.73 Å². The fourth-order valence-electron chi connectivity index (χ4n) is 2.32. The van der Waals surface area contributed by atoms with Crippen LogP contribution in [0.25, 0.3) is 11.4 Å². The maximum absolute atomic E-state index is 11.5. The van der Waals surface area contributed by atoms with Gasteiger partial charge in [-0.05, 0) is 37.1 Å². The number of amides is 1. The van der Waals surface area contributed by atoms with Crippen molar-refractivity contribution in [2.45, 2.75) is 50.1 Å². The summed E-state index contributed by atoms with van der Waals surface area (Å²) in [6.45, 7) is 4.89. The summed E-state index contributed by atoms with van der Waals surface area (Å²) in [4.78, 5) is 11.5. The van der Waals surface area contributed by atoms with Gasteiger partial charge in [0.15, 0.2) is 11.0 Å². The first kappa shape index (κ1) is 18.3. The Labute approximate surface area is 146 Å². The van der Waals surface area contributed by atoms with E-state index in [4.69, 9.17) is 10.5 Å². The third kappa shape index (κ3) is 4.29. The van der Waals surface area contributed by atoms with E-state index in [9.17, 15) is 4.79 Å². The van der Waals surface area contributed by atoms with E-state index in [1.165, 1.54) is 11.8 Å². The van der Waals surface area contributed by atoms with Crippen molar-refractivity contribution >= 4 is 17.7 Å². The third-order valence-corrected chi connectivity index (χ3v) is 5.10. The first-order chi connectivity index (χ1) is 11.6. The molecule has 0 aliphatic carbocycles. The fourth-order valence-corrected chi connectivity index (χ4v) is 3.25. The van der Waals surface area contributed by atoms with Crippen LogP contribution in [-0.4, -0.2) is 33.0 Å². The Morgan fingerprint density at radius 1 is 1.29 bits per heavy atom. The SMILES string of the molecule is CCCCn1c(SC(CC)C(N)=O)nnc1-c1ccc(OC)cc1. The number of benzene rings is 1. The Bertz CT molecular complexity index is 670. The second-order valence-electron chi connectivity index (χ2n) is 5.46. The lowest BCUT2D eigenvalue weighted by Gasteiger charge is -2.13.